The smallest absolute Gasteiger partial charge is 0.226 e. The zero-order valence-electron chi connectivity index (χ0n) is 12.9. The summed E-state index contributed by atoms with van der Waals surface area (Å²) in [4.78, 5) is 13.7. The molecule has 3 rings (SSSR count). The Hall–Kier alpha value is -1.89. The minimum Gasteiger partial charge on any atom is -0.357 e. The SMILES string of the molecule is CCNc1nc(N(C)CC2CCCN2C)c2cn[nH]c2n1. The van der Waals surface area contributed by atoms with Crippen molar-refractivity contribution in [3.63, 3.8) is 0 Å². The standard InChI is InChI=1S/C14H23N7/c1-4-15-14-17-12-11(8-16-19-12)13(18-14)21(3)9-10-6-5-7-20(10)2/h8,10H,4-7,9H2,1-3H3,(H2,15,16,17,18,19). The molecule has 21 heavy (non-hydrogen) atoms. The van der Waals surface area contributed by atoms with Gasteiger partial charge in [0.2, 0.25) is 5.95 Å². The van der Waals surface area contributed by atoms with E-state index < -0.39 is 0 Å². The molecular formula is C14H23N7. The molecule has 0 bridgehead atoms. The normalized spacial score (nSPS) is 19.3. The van der Waals surface area contributed by atoms with Crippen molar-refractivity contribution in [1.29, 1.82) is 0 Å². The minimum absolute atomic E-state index is 0.592. The third-order valence-electron chi connectivity index (χ3n) is 4.14. The van der Waals surface area contributed by atoms with E-state index in [9.17, 15) is 0 Å². The summed E-state index contributed by atoms with van der Waals surface area (Å²) >= 11 is 0. The number of nitrogens with zero attached hydrogens (tertiary/aromatic N) is 5. The Morgan fingerprint density at radius 1 is 1.48 bits per heavy atom. The lowest BCUT2D eigenvalue weighted by atomic mass is 10.2. The van der Waals surface area contributed by atoms with Gasteiger partial charge < -0.3 is 15.1 Å². The maximum Gasteiger partial charge on any atom is 0.226 e. The molecule has 0 radical (unpaired) electrons. The Balaban J connectivity index is 1.88. The van der Waals surface area contributed by atoms with Crippen LogP contribution in [0.2, 0.25) is 0 Å². The predicted molar refractivity (Wildman–Crippen MR) is 84.8 cm³/mol. The number of hydrogen-bond donors (Lipinski definition) is 2. The number of likely N-dealkylation sites (N-methyl/N-ethyl adjacent to an activating group) is 2. The number of H-pyrrole nitrogens is 1. The van der Waals surface area contributed by atoms with E-state index in [1.807, 2.05) is 6.92 Å². The largest absolute Gasteiger partial charge is 0.357 e. The number of hydrogen-bond acceptors (Lipinski definition) is 6. The van der Waals surface area contributed by atoms with Crippen molar-refractivity contribution < 1.29 is 0 Å². The molecule has 0 spiro atoms. The quantitative estimate of drug-likeness (QED) is 0.865. The van der Waals surface area contributed by atoms with Crippen LogP contribution in [0.3, 0.4) is 0 Å². The average Bonchev–Trinajstić information content (AvgIpc) is 3.08. The molecule has 2 aromatic heterocycles. The van der Waals surface area contributed by atoms with Gasteiger partial charge in [0.1, 0.15) is 5.82 Å². The van der Waals surface area contributed by atoms with E-state index in [0.29, 0.717) is 12.0 Å². The second kappa shape index (κ2) is 5.85. The van der Waals surface area contributed by atoms with Crippen LogP contribution in [-0.4, -0.2) is 64.8 Å². The number of likely N-dealkylation sites (tertiary alicyclic amines) is 1. The number of rotatable bonds is 5. The monoisotopic (exact) mass is 289 g/mol. The van der Waals surface area contributed by atoms with Crippen LogP contribution in [0.25, 0.3) is 11.0 Å². The van der Waals surface area contributed by atoms with Gasteiger partial charge in [0.25, 0.3) is 0 Å². The molecule has 0 aliphatic carbocycles. The predicted octanol–water partition coefficient (Wildman–Crippen LogP) is 1.32. The molecule has 1 atom stereocenters. The second-order valence-corrected chi connectivity index (χ2v) is 5.69. The second-order valence-electron chi connectivity index (χ2n) is 5.69. The third-order valence-corrected chi connectivity index (χ3v) is 4.14. The Morgan fingerprint density at radius 3 is 3.05 bits per heavy atom. The summed E-state index contributed by atoms with van der Waals surface area (Å²) in [6.45, 7) is 5.00. The van der Waals surface area contributed by atoms with Gasteiger partial charge in [-0.2, -0.15) is 15.1 Å². The van der Waals surface area contributed by atoms with E-state index >= 15 is 0 Å². The van der Waals surface area contributed by atoms with Gasteiger partial charge in [0.15, 0.2) is 5.65 Å². The van der Waals surface area contributed by atoms with E-state index in [0.717, 1.165) is 29.9 Å². The van der Waals surface area contributed by atoms with Gasteiger partial charge in [-0.1, -0.05) is 0 Å². The number of nitrogens with one attached hydrogen (secondary N) is 2. The molecule has 0 saturated carbocycles. The van der Waals surface area contributed by atoms with Gasteiger partial charge >= 0.3 is 0 Å². The van der Waals surface area contributed by atoms with Crippen molar-refractivity contribution in [3.8, 4) is 0 Å². The molecule has 1 unspecified atom stereocenters. The van der Waals surface area contributed by atoms with E-state index in [1.54, 1.807) is 6.20 Å². The van der Waals surface area contributed by atoms with Gasteiger partial charge in [0, 0.05) is 26.2 Å². The van der Waals surface area contributed by atoms with Crippen molar-refractivity contribution in [2.75, 3.05) is 43.9 Å². The van der Waals surface area contributed by atoms with E-state index in [2.05, 4.69) is 49.4 Å². The van der Waals surface area contributed by atoms with Crippen LogP contribution < -0.4 is 10.2 Å². The molecule has 2 N–H and O–H groups in total. The molecule has 114 valence electrons. The van der Waals surface area contributed by atoms with Crippen molar-refractivity contribution in [2.24, 2.45) is 0 Å². The molecular weight excluding hydrogens is 266 g/mol. The summed E-state index contributed by atoms with van der Waals surface area (Å²) in [5.41, 5.74) is 0.780. The van der Waals surface area contributed by atoms with Crippen LogP contribution in [0.1, 0.15) is 19.8 Å². The topological polar surface area (TPSA) is 73.0 Å². The number of aromatic amines is 1. The fourth-order valence-corrected chi connectivity index (χ4v) is 2.96. The molecule has 7 nitrogen and oxygen atoms in total. The summed E-state index contributed by atoms with van der Waals surface area (Å²) < 4.78 is 0. The van der Waals surface area contributed by atoms with Gasteiger partial charge in [-0.3, -0.25) is 5.10 Å². The Labute approximate surface area is 124 Å². The Kier molecular flexibility index (Phi) is 3.92. The third kappa shape index (κ3) is 2.78. The maximum atomic E-state index is 4.66. The zero-order valence-corrected chi connectivity index (χ0v) is 12.9. The van der Waals surface area contributed by atoms with Crippen LogP contribution in [0.5, 0.6) is 0 Å². The molecule has 0 aromatic carbocycles. The molecule has 1 aliphatic rings. The van der Waals surface area contributed by atoms with Gasteiger partial charge in [-0.25, -0.2) is 0 Å². The summed E-state index contributed by atoms with van der Waals surface area (Å²) in [5.74, 6) is 1.58. The summed E-state index contributed by atoms with van der Waals surface area (Å²) in [6.07, 6.45) is 4.33. The molecule has 3 heterocycles. The summed E-state index contributed by atoms with van der Waals surface area (Å²) in [5, 5.41) is 11.2. The summed E-state index contributed by atoms with van der Waals surface area (Å²) in [6, 6.07) is 0.592. The molecule has 2 aromatic rings. The van der Waals surface area contributed by atoms with Crippen LogP contribution in [0, 0.1) is 0 Å². The minimum atomic E-state index is 0.592. The first kappa shape index (κ1) is 14.1. The van der Waals surface area contributed by atoms with E-state index in [1.165, 1.54) is 19.4 Å². The van der Waals surface area contributed by atoms with Crippen LogP contribution in [0.4, 0.5) is 11.8 Å². The fourth-order valence-electron chi connectivity index (χ4n) is 2.96. The lowest BCUT2D eigenvalue weighted by molar-refractivity contribution is 0.314. The van der Waals surface area contributed by atoms with Gasteiger partial charge in [-0.15, -0.1) is 0 Å². The van der Waals surface area contributed by atoms with Crippen LogP contribution in [0.15, 0.2) is 6.20 Å². The van der Waals surface area contributed by atoms with Gasteiger partial charge in [0.05, 0.1) is 11.6 Å². The molecule has 1 fully saturated rings. The highest BCUT2D eigenvalue weighted by Gasteiger charge is 2.23. The summed E-state index contributed by atoms with van der Waals surface area (Å²) in [7, 11) is 4.29. The first-order chi connectivity index (χ1) is 10.2. The highest BCUT2D eigenvalue weighted by Crippen LogP contribution is 2.25. The van der Waals surface area contributed by atoms with Crippen LogP contribution in [-0.2, 0) is 0 Å². The van der Waals surface area contributed by atoms with Crippen molar-refractivity contribution in [1.82, 2.24) is 25.1 Å². The lowest BCUT2D eigenvalue weighted by Crippen LogP contribution is -2.37. The molecule has 0 amide bonds. The van der Waals surface area contributed by atoms with Crippen molar-refractivity contribution >= 4 is 22.8 Å². The average molecular weight is 289 g/mol. The fraction of sp³-hybridized carbons (Fsp3) is 0.643. The molecule has 7 heteroatoms. The van der Waals surface area contributed by atoms with Gasteiger partial charge in [-0.05, 0) is 33.4 Å². The molecule has 1 aliphatic heterocycles. The van der Waals surface area contributed by atoms with E-state index in [4.69, 9.17) is 0 Å². The van der Waals surface area contributed by atoms with Crippen LogP contribution >= 0.6 is 0 Å². The zero-order chi connectivity index (χ0) is 14.8. The lowest BCUT2D eigenvalue weighted by Gasteiger charge is -2.27. The van der Waals surface area contributed by atoms with Crippen molar-refractivity contribution in [2.45, 2.75) is 25.8 Å². The highest BCUT2D eigenvalue weighted by molar-refractivity contribution is 5.87. The Morgan fingerprint density at radius 2 is 2.33 bits per heavy atom. The first-order valence-electron chi connectivity index (χ1n) is 7.55. The van der Waals surface area contributed by atoms with E-state index in [-0.39, 0.29) is 0 Å². The number of fused-ring (bicyclic) bond motifs is 1. The number of anilines is 2. The maximum absolute atomic E-state index is 4.66. The Bertz CT molecular complexity index is 608. The van der Waals surface area contributed by atoms with Crippen molar-refractivity contribution in [3.05, 3.63) is 6.20 Å². The number of aromatic nitrogens is 4. The first-order valence-corrected chi connectivity index (χ1v) is 7.55. The highest BCUT2D eigenvalue weighted by atomic mass is 15.3. The molecule has 1 saturated heterocycles.